The van der Waals surface area contributed by atoms with Gasteiger partial charge in [0.25, 0.3) is 5.56 Å². The Labute approximate surface area is 190 Å². The monoisotopic (exact) mass is 457 g/mol. The molecule has 1 aromatic carbocycles. The summed E-state index contributed by atoms with van der Waals surface area (Å²) in [4.78, 5) is 32.5. The maximum Gasteiger partial charge on any atom is 0.262 e. The van der Waals surface area contributed by atoms with Gasteiger partial charge < -0.3 is 10.1 Å². The number of hydrogen-bond acceptors (Lipinski definition) is 6. The molecule has 2 heterocycles. The number of carbonyl (C=O) groups excluding carboxylic acids is 1. The van der Waals surface area contributed by atoms with Gasteiger partial charge in [-0.05, 0) is 48.4 Å². The third-order valence-corrected chi connectivity index (χ3v) is 7.91. The van der Waals surface area contributed by atoms with Crippen LogP contribution < -0.4 is 15.6 Å². The smallest absolute Gasteiger partial charge is 0.262 e. The Morgan fingerprint density at radius 1 is 1.29 bits per heavy atom. The van der Waals surface area contributed by atoms with Crippen LogP contribution >= 0.6 is 23.1 Å². The van der Waals surface area contributed by atoms with Crippen LogP contribution in [-0.4, -0.2) is 28.3 Å². The van der Waals surface area contributed by atoms with Crippen molar-refractivity contribution >= 4 is 39.2 Å². The van der Waals surface area contributed by atoms with Gasteiger partial charge in [-0.2, -0.15) is 0 Å². The molecule has 0 bridgehead atoms. The molecule has 1 aliphatic carbocycles. The maximum absolute atomic E-state index is 12.9. The molecule has 1 aliphatic rings. The van der Waals surface area contributed by atoms with E-state index in [4.69, 9.17) is 9.72 Å². The van der Waals surface area contributed by atoms with Crippen molar-refractivity contribution in [2.75, 3.05) is 12.9 Å². The average molecular weight is 458 g/mol. The Bertz CT molecular complexity index is 1170. The number of aromatic nitrogens is 2. The summed E-state index contributed by atoms with van der Waals surface area (Å²) in [5.74, 6) is 1.14. The molecule has 1 N–H and O–H groups in total. The predicted octanol–water partition coefficient (Wildman–Crippen LogP) is 4.10. The molecule has 1 atom stereocenters. The Morgan fingerprint density at radius 2 is 2.03 bits per heavy atom. The van der Waals surface area contributed by atoms with Gasteiger partial charge in [-0.15, -0.1) is 11.3 Å². The van der Waals surface area contributed by atoms with Crippen LogP contribution in [0.5, 0.6) is 5.75 Å². The van der Waals surface area contributed by atoms with Gasteiger partial charge in [-0.25, -0.2) is 4.98 Å². The van der Waals surface area contributed by atoms with Crippen LogP contribution in [0, 0.1) is 5.92 Å². The Hall–Kier alpha value is -2.32. The molecule has 8 heteroatoms. The van der Waals surface area contributed by atoms with Crippen molar-refractivity contribution in [3.63, 3.8) is 0 Å². The number of rotatable bonds is 7. The quantitative estimate of drug-likeness (QED) is 0.427. The zero-order valence-electron chi connectivity index (χ0n) is 18.2. The number of amides is 1. The van der Waals surface area contributed by atoms with E-state index in [0.717, 1.165) is 40.8 Å². The Balaban J connectivity index is 1.48. The first-order valence-corrected chi connectivity index (χ1v) is 12.3. The van der Waals surface area contributed by atoms with Crippen molar-refractivity contribution in [3.05, 3.63) is 50.6 Å². The molecule has 1 unspecified atom stereocenters. The van der Waals surface area contributed by atoms with Crippen LogP contribution in [0.2, 0.25) is 0 Å². The largest absolute Gasteiger partial charge is 0.497 e. The average Bonchev–Trinajstić information content (AvgIpc) is 3.34. The highest BCUT2D eigenvalue weighted by molar-refractivity contribution is 7.99. The highest BCUT2D eigenvalue weighted by Crippen LogP contribution is 2.35. The number of fused-ring (bicyclic) bond motifs is 3. The predicted molar refractivity (Wildman–Crippen MR) is 126 cm³/mol. The van der Waals surface area contributed by atoms with Crippen molar-refractivity contribution < 1.29 is 9.53 Å². The summed E-state index contributed by atoms with van der Waals surface area (Å²) in [6.45, 7) is 4.16. The number of nitrogens with one attached hydrogen (secondary N) is 1. The standard InChI is InChI=1S/C23H27N3O3S2/c1-13(2)20(14-8-10-15(29-4)11-9-14)24-18(27)12-30-23-25-21-19(22(28)26(23)3)16-6-5-7-17(16)31-21/h8-11,13,20H,5-7,12H2,1-4H3,(H,24,27). The number of nitrogens with zero attached hydrogens (tertiary/aromatic N) is 2. The molecule has 164 valence electrons. The SMILES string of the molecule is COc1ccc(C(NC(=O)CSc2nc3sc4c(c3c(=O)n2C)CCC4)C(C)C)cc1. The molecule has 0 spiro atoms. The molecule has 6 nitrogen and oxygen atoms in total. The number of thioether (sulfide) groups is 1. The van der Waals surface area contributed by atoms with E-state index in [1.807, 2.05) is 24.3 Å². The van der Waals surface area contributed by atoms with E-state index < -0.39 is 0 Å². The number of hydrogen-bond donors (Lipinski definition) is 1. The zero-order chi connectivity index (χ0) is 22.1. The van der Waals surface area contributed by atoms with E-state index in [1.54, 1.807) is 30.1 Å². The van der Waals surface area contributed by atoms with Gasteiger partial charge in [0, 0.05) is 11.9 Å². The van der Waals surface area contributed by atoms with E-state index in [-0.39, 0.29) is 29.2 Å². The van der Waals surface area contributed by atoms with E-state index in [2.05, 4.69) is 19.2 Å². The fourth-order valence-corrected chi connectivity index (χ4v) is 6.11. The fraction of sp³-hybridized carbons (Fsp3) is 0.435. The summed E-state index contributed by atoms with van der Waals surface area (Å²) in [6, 6.07) is 7.66. The Morgan fingerprint density at radius 3 is 2.71 bits per heavy atom. The number of ether oxygens (including phenoxy) is 1. The summed E-state index contributed by atoms with van der Waals surface area (Å²) < 4.78 is 6.80. The Kier molecular flexibility index (Phi) is 6.39. The summed E-state index contributed by atoms with van der Waals surface area (Å²) in [5.41, 5.74) is 2.21. The lowest BCUT2D eigenvalue weighted by Gasteiger charge is -2.23. The second-order valence-electron chi connectivity index (χ2n) is 8.15. The van der Waals surface area contributed by atoms with Crippen molar-refractivity contribution in [1.29, 1.82) is 0 Å². The van der Waals surface area contributed by atoms with Crippen LogP contribution in [0.15, 0.2) is 34.2 Å². The first-order chi connectivity index (χ1) is 14.9. The van der Waals surface area contributed by atoms with Gasteiger partial charge in [-0.1, -0.05) is 37.7 Å². The van der Waals surface area contributed by atoms with Crippen LogP contribution in [0.3, 0.4) is 0 Å². The molecule has 0 radical (unpaired) electrons. The van der Waals surface area contributed by atoms with Gasteiger partial charge in [0.2, 0.25) is 5.91 Å². The normalized spacial score (nSPS) is 14.1. The second-order valence-corrected chi connectivity index (χ2v) is 10.2. The lowest BCUT2D eigenvalue weighted by Crippen LogP contribution is -2.33. The minimum Gasteiger partial charge on any atom is -0.497 e. The van der Waals surface area contributed by atoms with E-state index in [0.29, 0.717) is 5.16 Å². The first kappa shape index (κ1) is 21.9. The molecular formula is C23H27N3O3S2. The molecule has 0 saturated heterocycles. The van der Waals surface area contributed by atoms with Crippen molar-refractivity contribution in [2.45, 2.75) is 44.3 Å². The molecule has 31 heavy (non-hydrogen) atoms. The highest BCUT2D eigenvalue weighted by Gasteiger charge is 2.23. The lowest BCUT2D eigenvalue weighted by molar-refractivity contribution is -0.119. The van der Waals surface area contributed by atoms with Crippen LogP contribution in [0.1, 0.15) is 42.3 Å². The molecule has 1 amide bonds. The van der Waals surface area contributed by atoms with Crippen LogP contribution in [0.4, 0.5) is 0 Å². The number of thiophene rings is 1. The fourth-order valence-electron chi connectivity index (χ4n) is 4.03. The number of carbonyl (C=O) groups is 1. The highest BCUT2D eigenvalue weighted by atomic mass is 32.2. The van der Waals surface area contributed by atoms with E-state index >= 15 is 0 Å². The molecule has 3 aromatic rings. The van der Waals surface area contributed by atoms with E-state index in [9.17, 15) is 9.59 Å². The summed E-state index contributed by atoms with van der Waals surface area (Å²) >= 11 is 2.93. The van der Waals surface area contributed by atoms with Gasteiger partial charge in [-0.3, -0.25) is 14.2 Å². The van der Waals surface area contributed by atoms with Gasteiger partial charge in [0.05, 0.1) is 24.3 Å². The lowest BCUT2D eigenvalue weighted by atomic mass is 9.96. The van der Waals surface area contributed by atoms with Gasteiger partial charge >= 0.3 is 0 Å². The topological polar surface area (TPSA) is 73.2 Å². The maximum atomic E-state index is 12.9. The molecule has 4 rings (SSSR count). The van der Waals surface area contributed by atoms with Crippen molar-refractivity contribution in [3.8, 4) is 5.75 Å². The molecular weight excluding hydrogens is 430 g/mol. The third kappa shape index (κ3) is 4.36. The van der Waals surface area contributed by atoms with Crippen LogP contribution in [0.25, 0.3) is 10.2 Å². The molecule has 0 aliphatic heterocycles. The summed E-state index contributed by atoms with van der Waals surface area (Å²) in [5, 5.41) is 4.48. The minimum absolute atomic E-state index is 0.00871. The second kappa shape index (κ2) is 9.04. The molecule has 0 saturated carbocycles. The van der Waals surface area contributed by atoms with Gasteiger partial charge in [0.1, 0.15) is 10.6 Å². The molecule has 2 aromatic heterocycles. The van der Waals surface area contributed by atoms with E-state index in [1.165, 1.54) is 22.2 Å². The van der Waals surface area contributed by atoms with Crippen molar-refractivity contribution in [1.82, 2.24) is 14.9 Å². The molecule has 0 fully saturated rings. The summed E-state index contributed by atoms with van der Waals surface area (Å²) in [6.07, 6.45) is 3.11. The summed E-state index contributed by atoms with van der Waals surface area (Å²) in [7, 11) is 3.37. The van der Waals surface area contributed by atoms with Crippen LogP contribution in [-0.2, 0) is 24.7 Å². The van der Waals surface area contributed by atoms with Crippen molar-refractivity contribution in [2.24, 2.45) is 13.0 Å². The zero-order valence-corrected chi connectivity index (χ0v) is 19.9. The number of aryl methyl sites for hydroxylation is 2. The number of methoxy groups -OCH3 is 1. The first-order valence-electron chi connectivity index (χ1n) is 10.5. The number of benzene rings is 1. The third-order valence-electron chi connectivity index (χ3n) is 5.70. The van der Waals surface area contributed by atoms with Gasteiger partial charge in [0.15, 0.2) is 5.16 Å². The minimum atomic E-state index is -0.0986.